The molecule has 0 bridgehead atoms. The van der Waals surface area contributed by atoms with Crippen molar-refractivity contribution in [2.75, 3.05) is 0 Å². The van der Waals surface area contributed by atoms with Crippen molar-refractivity contribution in [3.8, 4) is 0 Å². The summed E-state index contributed by atoms with van der Waals surface area (Å²) in [7, 11) is -1.77. The van der Waals surface area contributed by atoms with Gasteiger partial charge in [0.05, 0.1) is 23.8 Å². The number of aromatic nitrogens is 4. The number of carbonyl (C=O) groups is 1. The van der Waals surface area contributed by atoms with Gasteiger partial charge in [0, 0.05) is 18.9 Å². The Kier molecular flexibility index (Phi) is 6.58. The molecule has 0 atom stereocenters. The summed E-state index contributed by atoms with van der Waals surface area (Å²) in [6, 6.07) is 1.63. The van der Waals surface area contributed by atoms with E-state index in [9.17, 15) is 13.6 Å². The largest absolute Gasteiger partial charge is 0.413 e. The van der Waals surface area contributed by atoms with Crippen LogP contribution in [-0.2, 0) is 17.4 Å². The van der Waals surface area contributed by atoms with E-state index >= 15 is 0 Å². The first-order valence-corrected chi connectivity index (χ1v) is 12.2. The molecule has 0 aliphatic rings. The van der Waals surface area contributed by atoms with E-state index < -0.39 is 26.1 Å². The fourth-order valence-electron chi connectivity index (χ4n) is 2.93. The summed E-state index contributed by atoms with van der Waals surface area (Å²) in [5, 5.41) is 4.03. The highest BCUT2D eigenvalue weighted by molar-refractivity contribution is 6.69. The number of hydrogen-bond acceptors (Lipinski definition) is 5. The van der Waals surface area contributed by atoms with Gasteiger partial charge in [-0.1, -0.05) is 0 Å². The molecule has 0 unspecified atom stereocenters. The zero-order valence-electron chi connectivity index (χ0n) is 16.4. The number of hydrogen-bond donors (Lipinski definition) is 0. The van der Waals surface area contributed by atoms with Crippen LogP contribution in [0, 0.1) is 0 Å². The van der Waals surface area contributed by atoms with Gasteiger partial charge in [0.2, 0.25) is 0 Å². The maximum absolute atomic E-state index is 13.6. The molecule has 0 fully saturated rings. The highest BCUT2D eigenvalue weighted by atomic mass is 28.4. The number of rotatable bonds is 9. The summed E-state index contributed by atoms with van der Waals surface area (Å²) in [5.41, 5.74) is -0.904. The van der Waals surface area contributed by atoms with Crippen LogP contribution in [0.5, 0.6) is 0 Å². The van der Waals surface area contributed by atoms with Crippen LogP contribution in [0.4, 0.5) is 8.78 Å². The average molecular weight is 397 g/mol. The van der Waals surface area contributed by atoms with Crippen LogP contribution < -0.4 is 0 Å². The second kappa shape index (κ2) is 8.35. The van der Waals surface area contributed by atoms with Gasteiger partial charge in [-0.05, 0) is 46.0 Å². The van der Waals surface area contributed by atoms with Crippen LogP contribution in [0.3, 0.4) is 0 Å². The van der Waals surface area contributed by atoms with Gasteiger partial charge in [-0.2, -0.15) is 5.10 Å². The highest BCUT2D eigenvalue weighted by Gasteiger charge is 2.29. The van der Waals surface area contributed by atoms with Gasteiger partial charge in [-0.25, -0.2) is 18.7 Å². The monoisotopic (exact) mass is 396 g/mol. The molecule has 2 aromatic rings. The SMILES string of the molecule is CC(C)(CCn1ncc(C(=O)Cc2ncccn2)c1C(F)F)O[Si](C)(C)C. The molecule has 2 heterocycles. The number of aryl methyl sites for hydroxylation is 1. The smallest absolute Gasteiger partial charge is 0.280 e. The Hall–Kier alpha value is -2.00. The Morgan fingerprint density at radius 1 is 1.26 bits per heavy atom. The Bertz CT molecular complexity index is 773. The molecule has 0 N–H and O–H groups in total. The maximum Gasteiger partial charge on any atom is 0.280 e. The predicted molar refractivity (Wildman–Crippen MR) is 100 cm³/mol. The minimum atomic E-state index is -2.80. The molecule has 0 saturated heterocycles. The fraction of sp³-hybridized carbons (Fsp3) is 0.556. The lowest BCUT2D eigenvalue weighted by molar-refractivity contribution is 0.0811. The Morgan fingerprint density at radius 3 is 2.44 bits per heavy atom. The fourth-order valence-corrected chi connectivity index (χ4v) is 4.69. The highest BCUT2D eigenvalue weighted by Crippen LogP contribution is 2.27. The molecule has 27 heavy (non-hydrogen) atoms. The van der Waals surface area contributed by atoms with Gasteiger partial charge < -0.3 is 4.43 Å². The molecule has 0 saturated carbocycles. The van der Waals surface area contributed by atoms with Gasteiger partial charge in [0.15, 0.2) is 14.1 Å². The van der Waals surface area contributed by atoms with Crippen molar-refractivity contribution >= 4 is 14.1 Å². The lowest BCUT2D eigenvalue weighted by Crippen LogP contribution is -2.39. The van der Waals surface area contributed by atoms with E-state index in [1.807, 2.05) is 13.8 Å². The number of alkyl halides is 2. The molecule has 9 heteroatoms. The molecule has 6 nitrogen and oxygen atoms in total. The first-order valence-electron chi connectivity index (χ1n) is 8.82. The number of ketones is 1. The van der Waals surface area contributed by atoms with Gasteiger partial charge in [0.1, 0.15) is 11.5 Å². The molecule has 0 spiro atoms. The van der Waals surface area contributed by atoms with E-state index in [-0.39, 0.29) is 24.2 Å². The van der Waals surface area contributed by atoms with Crippen molar-refractivity contribution in [3.63, 3.8) is 0 Å². The van der Waals surface area contributed by atoms with Crippen LogP contribution >= 0.6 is 0 Å². The van der Waals surface area contributed by atoms with Crippen molar-refractivity contribution in [1.82, 2.24) is 19.7 Å². The van der Waals surface area contributed by atoms with E-state index in [1.165, 1.54) is 23.3 Å². The molecular weight excluding hydrogens is 370 g/mol. The van der Waals surface area contributed by atoms with Gasteiger partial charge >= 0.3 is 0 Å². The number of Topliss-reactive ketones (excluding diaryl/α,β-unsaturated/α-hetero) is 1. The van der Waals surface area contributed by atoms with Crippen molar-refractivity contribution in [2.45, 2.75) is 64.9 Å². The molecule has 0 aliphatic carbocycles. The molecule has 0 amide bonds. The average Bonchev–Trinajstić information content (AvgIpc) is 2.96. The maximum atomic E-state index is 13.6. The number of halogens is 2. The summed E-state index contributed by atoms with van der Waals surface area (Å²) in [5.74, 6) is -0.180. The molecule has 2 aromatic heterocycles. The molecule has 148 valence electrons. The van der Waals surface area contributed by atoms with Crippen molar-refractivity contribution in [3.05, 3.63) is 41.7 Å². The van der Waals surface area contributed by atoms with Gasteiger partial charge in [-0.3, -0.25) is 9.48 Å². The molecule has 0 aromatic carbocycles. The third kappa shape index (κ3) is 6.28. The first-order chi connectivity index (χ1) is 12.5. The lowest BCUT2D eigenvalue weighted by atomic mass is 10.1. The van der Waals surface area contributed by atoms with Crippen LogP contribution in [0.2, 0.25) is 19.6 Å². The van der Waals surface area contributed by atoms with Crippen LogP contribution in [0.15, 0.2) is 24.7 Å². The summed E-state index contributed by atoms with van der Waals surface area (Å²) in [6.45, 7) is 10.4. The number of carbonyl (C=O) groups excluding carboxylic acids is 1. The quantitative estimate of drug-likeness (QED) is 0.472. The van der Waals surface area contributed by atoms with E-state index in [0.29, 0.717) is 12.2 Å². The van der Waals surface area contributed by atoms with Crippen LogP contribution in [-0.4, -0.2) is 39.5 Å². The summed E-state index contributed by atoms with van der Waals surface area (Å²) < 4.78 is 34.6. The summed E-state index contributed by atoms with van der Waals surface area (Å²) >= 11 is 0. The van der Waals surface area contributed by atoms with Gasteiger partial charge in [-0.15, -0.1) is 0 Å². The Balaban J connectivity index is 2.16. The minimum Gasteiger partial charge on any atom is -0.413 e. The Labute approximate surface area is 159 Å². The standard InChI is InChI=1S/C18H26F2N4O2Si/c1-18(2,26-27(3,4)5)7-10-24-16(17(19)20)13(12-23-24)14(25)11-15-21-8-6-9-22-15/h6,8-9,12,17H,7,10-11H2,1-5H3. The van der Waals surface area contributed by atoms with Crippen molar-refractivity contribution < 1.29 is 18.0 Å². The van der Waals surface area contributed by atoms with E-state index in [2.05, 4.69) is 34.7 Å². The lowest BCUT2D eigenvalue weighted by Gasteiger charge is -2.33. The summed E-state index contributed by atoms with van der Waals surface area (Å²) in [6.07, 6.45) is 1.79. The third-order valence-corrected chi connectivity index (χ3v) is 5.00. The van der Waals surface area contributed by atoms with E-state index in [1.54, 1.807) is 6.07 Å². The van der Waals surface area contributed by atoms with Crippen LogP contribution in [0.1, 0.15) is 48.6 Å². The molecular formula is C18H26F2N4O2Si. The predicted octanol–water partition coefficient (Wildman–Crippen LogP) is 4.06. The van der Waals surface area contributed by atoms with E-state index in [0.717, 1.165) is 0 Å². The molecule has 0 aliphatic heterocycles. The first kappa shape index (κ1) is 21.3. The van der Waals surface area contributed by atoms with E-state index in [4.69, 9.17) is 4.43 Å². The second-order valence-electron chi connectivity index (χ2n) is 7.96. The zero-order chi connectivity index (χ0) is 20.2. The number of nitrogens with zero attached hydrogens (tertiary/aromatic N) is 4. The Morgan fingerprint density at radius 2 is 1.89 bits per heavy atom. The van der Waals surface area contributed by atoms with Gasteiger partial charge in [0.25, 0.3) is 6.43 Å². The van der Waals surface area contributed by atoms with Crippen molar-refractivity contribution in [2.24, 2.45) is 0 Å². The zero-order valence-corrected chi connectivity index (χ0v) is 17.4. The third-order valence-electron chi connectivity index (χ3n) is 3.83. The van der Waals surface area contributed by atoms with Crippen molar-refractivity contribution in [1.29, 1.82) is 0 Å². The molecule has 2 rings (SSSR count). The topological polar surface area (TPSA) is 69.9 Å². The van der Waals surface area contributed by atoms with Crippen LogP contribution in [0.25, 0.3) is 0 Å². The minimum absolute atomic E-state index is 0.0821. The molecule has 0 radical (unpaired) electrons. The normalized spacial score (nSPS) is 12.6. The second-order valence-corrected chi connectivity index (χ2v) is 12.4. The summed E-state index contributed by atoms with van der Waals surface area (Å²) in [4.78, 5) is 20.4.